The normalized spacial score (nSPS) is 11.0. The molecule has 1 N–H and O–H groups in total. The first-order valence-corrected chi connectivity index (χ1v) is 5.67. The van der Waals surface area contributed by atoms with Crippen LogP contribution < -0.4 is 0 Å². The monoisotopic (exact) mass is 218 g/mol. The molecule has 0 aliphatic rings. The fourth-order valence-electron chi connectivity index (χ4n) is 1.13. The van der Waals surface area contributed by atoms with Crippen LogP contribution >= 0.6 is 11.8 Å². The average molecular weight is 218 g/mol. The lowest BCUT2D eigenvalue weighted by atomic mass is 10.3. The van der Waals surface area contributed by atoms with Crippen molar-refractivity contribution < 1.29 is 0 Å². The largest absolute Gasteiger partial charge is 0.328 e. The van der Waals surface area contributed by atoms with Gasteiger partial charge >= 0.3 is 0 Å². The van der Waals surface area contributed by atoms with Crippen molar-refractivity contribution >= 4 is 23.4 Å². The van der Waals surface area contributed by atoms with Gasteiger partial charge < -0.3 is 4.98 Å². The van der Waals surface area contributed by atoms with Crippen LogP contribution in [0.1, 0.15) is 0 Å². The van der Waals surface area contributed by atoms with Gasteiger partial charge in [0, 0.05) is 17.3 Å². The predicted molar refractivity (Wildman–Crippen MR) is 61.0 cm³/mol. The molecule has 0 saturated carbocycles. The number of hydrogen-bond acceptors (Lipinski definition) is 4. The number of hydrogen-bond donors (Lipinski definition) is 1. The minimum Gasteiger partial charge on any atom is -0.328 e. The summed E-state index contributed by atoms with van der Waals surface area (Å²) >= 11 is 1.65. The molecule has 1 heterocycles. The lowest BCUT2D eigenvalue weighted by Gasteiger charge is -1.98. The van der Waals surface area contributed by atoms with Gasteiger partial charge in [-0.15, -0.1) is 22.0 Å². The molecule has 0 saturated heterocycles. The highest BCUT2D eigenvalue weighted by Crippen LogP contribution is 2.28. The topological polar surface area (TPSA) is 53.4 Å². The minimum atomic E-state index is 0.519. The summed E-state index contributed by atoms with van der Waals surface area (Å²) in [4.78, 5) is 7.94. The van der Waals surface area contributed by atoms with Crippen LogP contribution in [0, 0.1) is 0 Å². The molecule has 2 rings (SSSR count). The van der Waals surface area contributed by atoms with Gasteiger partial charge in [0.05, 0.1) is 5.69 Å². The maximum absolute atomic E-state index is 4.13. The molecule has 4 nitrogen and oxygen atoms in total. The first-order chi connectivity index (χ1) is 7.40. The molecule has 0 fully saturated rings. The van der Waals surface area contributed by atoms with Crippen molar-refractivity contribution in [3.8, 4) is 0 Å². The van der Waals surface area contributed by atoms with Crippen LogP contribution in [0.5, 0.6) is 0 Å². The third-order valence-electron chi connectivity index (χ3n) is 1.82. The molecule has 0 spiro atoms. The van der Waals surface area contributed by atoms with E-state index in [0.29, 0.717) is 5.95 Å². The van der Waals surface area contributed by atoms with E-state index >= 15 is 0 Å². The number of H-pyrrole nitrogens is 1. The van der Waals surface area contributed by atoms with Gasteiger partial charge in [0.1, 0.15) is 0 Å². The fourth-order valence-corrected chi connectivity index (χ4v) is 1.66. The third kappa shape index (κ3) is 2.44. The van der Waals surface area contributed by atoms with Gasteiger partial charge in [-0.3, -0.25) is 0 Å². The summed E-state index contributed by atoms with van der Waals surface area (Å²) in [5.41, 5.74) is 0.862. The van der Waals surface area contributed by atoms with Crippen molar-refractivity contribution in [2.24, 2.45) is 10.2 Å². The summed E-state index contributed by atoms with van der Waals surface area (Å²) in [7, 11) is 0. The molecule has 0 aliphatic carbocycles. The van der Waals surface area contributed by atoms with E-state index in [0.717, 1.165) is 10.6 Å². The zero-order valence-corrected chi connectivity index (χ0v) is 9.03. The van der Waals surface area contributed by atoms with E-state index in [1.165, 1.54) is 0 Å². The van der Waals surface area contributed by atoms with Crippen molar-refractivity contribution in [3.05, 3.63) is 36.7 Å². The number of rotatable bonds is 3. The summed E-state index contributed by atoms with van der Waals surface area (Å²) < 4.78 is 0. The first-order valence-electron chi connectivity index (χ1n) is 4.44. The highest BCUT2D eigenvalue weighted by molar-refractivity contribution is 7.98. The van der Waals surface area contributed by atoms with E-state index in [4.69, 9.17) is 0 Å². The van der Waals surface area contributed by atoms with Crippen LogP contribution in [0.25, 0.3) is 0 Å². The van der Waals surface area contributed by atoms with Crippen molar-refractivity contribution in [1.82, 2.24) is 9.97 Å². The molecule has 0 unspecified atom stereocenters. The first kappa shape index (κ1) is 9.92. The van der Waals surface area contributed by atoms with E-state index in [2.05, 4.69) is 20.2 Å². The Hall–Kier alpha value is -1.62. The van der Waals surface area contributed by atoms with Gasteiger partial charge in [-0.25, -0.2) is 4.98 Å². The molecular weight excluding hydrogens is 208 g/mol. The Morgan fingerprint density at radius 3 is 2.87 bits per heavy atom. The number of imidazole rings is 1. The second-order valence-corrected chi connectivity index (χ2v) is 3.63. The SMILES string of the molecule is CSc1ccccc1N=Nc1ncc[nH]1. The molecule has 2 aromatic rings. The molecule has 0 aliphatic heterocycles. The minimum absolute atomic E-state index is 0.519. The third-order valence-corrected chi connectivity index (χ3v) is 2.61. The summed E-state index contributed by atoms with van der Waals surface area (Å²) in [6, 6.07) is 7.87. The van der Waals surface area contributed by atoms with Crippen LogP contribution in [-0.4, -0.2) is 16.2 Å². The standard InChI is InChI=1S/C10H10N4S/c1-15-9-5-3-2-4-8(9)13-14-10-11-6-7-12-10/h2-7H,1H3,(H,11,12). The van der Waals surface area contributed by atoms with Crippen molar-refractivity contribution in [3.63, 3.8) is 0 Å². The van der Waals surface area contributed by atoms with Gasteiger partial charge in [-0.05, 0) is 18.4 Å². The Balaban J connectivity index is 2.24. The van der Waals surface area contributed by atoms with Gasteiger partial charge in [0.15, 0.2) is 0 Å². The molecular formula is C10H10N4S. The highest BCUT2D eigenvalue weighted by Gasteiger charge is 1.98. The van der Waals surface area contributed by atoms with Crippen LogP contribution in [-0.2, 0) is 0 Å². The van der Waals surface area contributed by atoms with E-state index in [1.54, 1.807) is 24.2 Å². The van der Waals surface area contributed by atoms with Crippen molar-refractivity contribution in [1.29, 1.82) is 0 Å². The van der Waals surface area contributed by atoms with Crippen LogP contribution in [0.15, 0.2) is 51.8 Å². The summed E-state index contributed by atoms with van der Waals surface area (Å²) in [5.74, 6) is 0.519. The Bertz CT molecular complexity index is 450. The maximum atomic E-state index is 4.13. The van der Waals surface area contributed by atoms with Gasteiger partial charge in [0.2, 0.25) is 5.95 Å². The number of aromatic amines is 1. The summed E-state index contributed by atoms with van der Waals surface area (Å²) in [6.07, 6.45) is 5.38. The lowest BCUT2D eigenvalue weighted by Crippen LogP contribution is -1.71. The van der Waals surface area contributed by atoms with Gasteiger partial charge in [-0.1, -0.05) is 12.1 Å². The number of nitrogens with one attached hydrogen (secondary N) is 1. The van der Waals surface area contributed by atoms with Gasteiger partial charge in [-0.2, -0.15) is 0 Å². The van der Waals surface area contributed by atoms with Crippen molar-refractivity contribution in [2.45, 2.75) is 4.90 Å². The highest BCUT2D eigenvalue weighted by atomic mass is 32.2. The fraction of sp³-hybridized carbons (Fsp3) is 0.100. The Morgan fingerprint density at radius 2 is 2.13 bits per heavy atom. The number of azo groups is 1. The number of aromatic nitrogens is 2. The maximum Gasteiger partial charge on any atom is 0.246 e. The number of benzene rings is 1. The zero-order valence-electron chi connectivity index (χ0n) is 8.21. The molecule has 5 heteroatoms. The number of thioether (sulfide) groups is 1. The molecule has 76 valence electrons. The van der Waals surface area contributed by atoms with E-state index in [9.17, 15) is 0 Å². The Kier molecular flexibility index (Phi) is 3.14. The molecule has 0 amide bonds. The molecule has 1 aromatic heterocycles. The molecule has 1 aromatic carbocycles. The quantitative estimate of drug-likeness (QED) is 0.632. The van der Waals surface area contributed by atoms with Crippen LogP contribution in [0.2, 0.25) is 0 Å². The smallest absolute Gasteiger partial charge is 0.246 e. The average Bonchev–Trinajstić information content (AvgIpc) is 2.79. The molecule has 15 heavy (non-hydrogen) atoms. The second-order valence-electron chi connectivity index (χ2n) is 2.78. The van der Waals surface area contributed by atoms with Crippen LogP contribution in [0.4, 0.5) is 11.6 Å². The summed E-state index contributed by atoms with van der Waals surface area (Å²) in [5, 5.41) is 8.12. The predicted octanol–water partition coefficient (Wildman–Crippen LogP) is 3.55. The van der Waals surface area contributed by atoms with E-state index in [-0.39, 0.29) is 0 Å². The Labute approximate surface area is 91.9 Å². The second kappa shape index (κ2) is 4.75. The van der Waals surface area contributed by atoms with Crippen LogP contribution in [0.3, 0.4) is 0 Å². The molecule has 0 bridgehead atoms. The molecule has 0 atom stereocenters. The van der Waals surface area contributed by atoms with Crippen molar-refractivity contribution in [2.75, 3.05) is 6.26 Å². The van der Waals surface area contributed by atoms with Gasteiger partial charge in [0.25, 0.3) is 0 Å². The molecule has 0 radical (unpaired) electrons. The van der Waals surface area contributed by atoms with E-state index in [1.807, 2.05) is 30.5 Å². The lowest BCUT2D eigenvalue weighted by molar-refractivity contribution is 1.11. The zero-order chi connectivity index (χ0) is 10.5. The number of nitrogens with zero attached hydrogens (tertiary/aromatic N) is 3. The van der Waals surface area contributed by atoms with E-state index < -0.39 is 0 Å². The summed E-state index contributed by atoms with van der Waals surface area (Å²) in [6.45, 7) is 0. The Morgan fingerprint density at radius 1 is 1.27 bits per heavy atom.